The van der Waals surface area contributed by atoms with Gasteiger partial charge in [0.25, 0.3) is 0 Å². The number of rotatable bonds is 6. The molecule has 0 fully saturated rings. The predicted octanol–water partition coefficient (Wildman–Crippen LogP) is 0.614. The summed E-state index contributed by atoms with van der Waals surface area (Å²) >= 11 is 0. The molecule has 2 heterocycles. The van der Waals surface area contributed by atoms with Gasteiger partial charge in [-0.1, -0.05) is 18.2 Å². The van der Waals surface area contributed by atoms with Crippen molar-refractivity contribution in [3.05, 3.63) is 23.8 Å². The third-order valence-electron chi connectivity index (χ3n) is 3.18. The monoisotopic (exact) mass is 277 g/mol. The molecule has 0 aromatic rings. The number of amidine groups is 1. The molecule has 6 heteroatoms. The molecule has 0 saturated carbocycles. The minimum absolute atomic E-state index is 0.129. The number of aliphatic carboxylic acids is 1. The Bertz CT molecular complexity index is 480. The highest BCUT2D eigenvalue weighted by molar-refractivity contribution is 6.02. The van der Waals surface area contributed by atoms with E-state index in [9.17, 15) is 9.59 Å². The van der Waals surface area contributed by atoms with E-state index in [2.05, 4.69) is 33.9 Å². The summed E-state index contributed by atoms with van der Waals surface area (Å²) in [6, 6.07) is 0.129. The number of carboxylic acids is 1. The number of hydrogen-bond donors (Lipinski definition) is 3. The second-order valence-electron chi connectivity index (χ2n) is 4.84. The molecule has 20 heavy (non-hydrogen) atoms. The van der Waals surface area contributed by atoms with Crippen molar-refractivity contribution in [2.45, 2.75) is 31.7 Å². The summed E-state index contributed by atoms with van der Waals surface area (Å²) in [4.78, 5) is 26.1. The molecule has 0 spiro atoms. The van der Waals surface area contributed by atoms with E-state index in [0.29, 0.717) is 6.54 Å². The molecule has 0 saturated heterocycles. The quantitative estimate of drug-likeness (QED) is 0.490. The maximum Gasteiger partial charge on any atom is 0.312 e. The van der Waals surface area contributed by atoms with Crippen molar-refractivity contribution in [1.29, 1.82) is 0 Å². The molecule has 0 bridgehead atoms. The Morgan fingerprint density at radius 3 is 3.15 bits per heavy atom. The molecule has 1 unspecified atom stereocenters. The van der Waals surface area contributed by atoms with Crippen LogP contribution in [0.5, 0.6) is 0 Å². The number of hydrogen-bond acceptors (Lipinski definition) is 4. The topological polar surface area (TPSA) is 90.8 Å². The van der Waals surface area contributed by atoms with Crippen molar-refractivity contribution in [3.8, 4) is 0 Å². The first-order chi connectivity index (χ1) is 9.65. The fourth-order valence-corrected chi connectivity index (χ4v) is 2.21. The van der Waals surface area contributed by atoms with Gasteiger partial charge in [-0.05, 0) is 19.3 Å². The Hall–Kier alpha value is -2.11. The van der Waals surface area contributed by atoms with Gasteiger partial charge in [0, 0.05) is 18.7 Å². The summed E-state index contributed by atoms with van der Waals surface area (Å²) in [6.07, 6.45) is 8.50. The molecule has 0 aromatic carbocycles. The standard InChI is InChI=1S/C14H19N3O3/c18-12(9-13(19)20)15-7-2-4-11-6-5-10-3-1-8-16-14(10)17-11/h3,5-6,11H,1-2,4,7-9H2,(H,15,18)(H,16,17)(H,19,20). The van der Waals surface area contributed by atoms with Gasteiger partial charge >= 0.3 is 5.97 Å². The summed E-state index contributed by atoms with van der Waals surface area (Å²) in [6.45, 7) is 1.41. The number of dihydropyridines is 1. The molecule has 108 valence electrons. The van der Waals surface area contributed by atoms with Crippen LogP contribution in [-0.2, 0) is 9.59 Å². The SMILES string of the molecule is O=C(O)CC(=O)NCCCC1C=CC2=CCCNC2=N1. The van der Waals surface area contributed by atoms with Crippen LogP contribution in [0.3, 0.4) is 0 Å². The molecule has 2 aliphatic heterocycles. The maximum atomic E-state index is 11.1. The zero-order valence-electron chi connectivity index (χ0n) is 11.3. The van der Waals surface area contributed by atoms with Crippen molar-refractivity contribution in [2.24, 2.45) is 4.99 Å². The van der Waals surface area contributed by atoms with Crippen LogP contribution in [0, 0.1) is 0 Å². The van der Waals surface area contributed by atoms with Crippen molar-refractivity contribution in [1.82, 2.24) is 10.6 Å². The molecule has 2 aliphatic rings. The van der Waals surface area contributed by atoms with Gasteiger partial charge in [0.2, 0.25) is 5.91 Å². The second-order valence-corrected chi connectivity index (χ2v) is 4.84. The van der Waals surface area contributed by atoms with Crippen LogP contribution in [0.25, 0.3) is 0 Å². The number of carboxylic acid groups (broad SMARTS) is 1. The van der Waals surface area contributed by atoms with E-state index in [0.717, 1.165) is 37.2 Å². The number of amides is 1. The zero-order valence-corrected chi connectivity index (χ0v) is 11.3. The number of aliphatic imine (C=N–C) groups is 1. The third-order valence-corrected chi connectivity index (χ3v) is 3.18. The molecule has 0 aliphatic carbocycles. The van der Waals surface area contributed by atoms with Gasteiger partial charge in [0.15, 0.2) is 0 Å². The van der Waals surface area contributed by atoms with E-state index in [1.165, 1.54) is 0 Å². The number of fused-ring (bicyclic) bond motifs is 1. The molecule has 6 nitrogen and oxygen atoms in total. The van der Waals surface area contributed by atoms with Crippen LogP contribution in [0.2, 0.25) is 0 Å². The third kappa shape index (κ3) is 4.22. The number of nitrogens with zero attached hydrogens (tertiary/aromatic N) is 1. The molecule has 2 rings (SSSR count). The van der Waals surface area contributed by atoms with Crippen molar-refractivity contribution >= 4 is 17.7 Å². The second kappa shape index (κ2) is 6.88. The summed E-state index contributed by atoms with van der Waals surface area (Å²) in [7, 11) is 0. The lowest BCUT2D eigenvalue weighted by Gasteiger charge is -2.22. The summed E-state index contributed by atoms with van der Waals surface area (Å²) in [5, 5.41) is 14.3. The Balaban J connectivity index is 1.69. The van der Waals surface area contributed by atoms with E-state index in [-0.39, 0.29) is 6.04 Å². The highest BCUT2D eigenvalue weighted by atomic mass is 16.4. The average molecular weight is 277 g/mol. The van der Waals surface area contributed by atoms with E-state index >= 15 is 0 Å². The van der Waals surface area contributed by atoms with Crippen LogP contribution < -0.4 is 10.6 Å². The summed E-state index contributed by atoms with van der Waals surface area (Å²) in [5.41, 5.74) is 1.15. The maximum absolute atomic E-state index is 11.1. The van der Waals surface area contributed by atoms with Gasteiger partial charge in [-0.3, -0.25) is 14.6 Å². The molecule has 1 amide bonds. The molecular weight excluding hydrogens is 258 g/mol. The van der Waals surface area contributed by atoms with Crippen LogP contribution in [0.4, 0.5) is 0 Å². The highest BCUT2D eigenvalue weighted by Gasteiger charge is 2.15. The molecular formula is C14H19N3O3. The fourth-order valence-electron chi connectivity index (χ4n) is 2.21. The van der Waals surface area contributed by atoms with E-state index in [1.54, 1.807) is 0 Å². The lowest BCUT2D eigenvalue weighted by atomic mass is 10.0. The van der Waals surface area contributed by atoms with Gasteiger partial charge < -0.3 is 15.7 Å². The van der Waals surface area contributed by atoms with E-state index < -0.39 is 18.3 Å². The minimum atomic E-state index is -1.10. The van der Waals surface area contributed by atoms with Crippen molar-refractivity contribution in [3.63, 3.8) is 0 Å². The summed E-state index contributed by atoms with van der Waals surface area (Å²) in [5.74, 6) is -0.590. The van der Waals surface area contributed by atoms with Gasteiger partial charge in [-0.2, -0.15) is 0 Å². The van der Waals surface area contributed by atoms with E-state index in [4.69, 9.17) is 5.11 Å². The Kier molecular flexibility index (Phi) is 4.92. The number of carbonyl (C=O) groups excluding carboxylic acids is 1. The molecule has 1 atom stereocenters. The molecule has 0 radical (unpaired) electrons. The molecule has 3 N–H and O–H groups in total. The minimum Gasteiger partial charge on any atom is -0.481 e. The largest absolute Gasteiger partial charge is 0.481 e. The van der Waals surface area contributed by atoms with Crippen LogP contribution in [0.1, 0.15) is 25.7 Å². The first-order valence-electron chi connectivity index (χ1n) is 6.84. The Morgan fingerprint density at radius 2 is 2.35 bits per heavy atom. The smallest absolute Gasteiger partial charge is 0.312 e. The number of nitrogens with one attached hydrogen (secondary N) is 2. The van der Waals surface area contributed by atoms with E-state index in [1.807, 2.05) is 0 Å². The van der Waals surface area contributed by atoms with Gasteiger partial charge in [-0.25, -0.2) is 0 Å². The lowest BCUT2D eigenvalue weighted by Crippen LogP contribution is -2.32. The van der Waals surface area contributed by atoms with Crippen LogP contribution >= 0.6 is 0 Å². The first-order valence-corrected chi connectivity index (χ1v) is 6.84. The fraction of sp³-hybridized carbons (Fsp3) is 0.500. The van der Waals surface area contributed by atoms with Crippen LogP contribution in [0.15, 0.2) is 28.8 Å². The van der Waals surface area contributed by atoms with Crippen LogP contribution in [-0.4, -0.2) is 41.9 Å². The first kappa shape index (κ1) is 14.3. The Morgan fingerprint density at radius 1 is 1.50 bits per heavy atom. The zero-order chi connectivity index (χ0) is 14.4. The Labute approximate surface area is 117 Å². The predicted molar refractivity (Wildman–Crippen MR) is 75.6 cm³/mol. The van der Waals surface area contributed by atoms with Gasteiger partial charge in [0.05, 0.1) is 6.04 Å². The van der Waals surface area contributed by atoms with Crippen molar-refractivity contribution < 1.29 is 14.7 Å². The summed E-state index contributed by atoms with van der Waals surface area (Å²) < 4.78 is 0. The van der Waals surface area contributed by atoms with Gasteiger partial charge in [-0.15, -0.1) is 0 Å². The van der Waals surface area contributed by atoms with Crippen molar-refractivity contribution in [2.75, 3.05) is 13.1 Å². The highest BCUT2D eigenvalue weighted by Crippen LogP contribution is 2.16. The lowest BCUT2D eigenvalue weighted by molar-refractivity contribution is -0.140. The average Bonchev–Trinajstić information content (AvgIpc) is 2.43. The normalized spacial score (nSPS) is 20.3. The molecule has 0 aromatic heterocycles. The number of carbonyl (C=O) groups is 2. The van der Waals surface area contributed by atoms with Gasteiger partial charge in [0.1, 0.15) is 12.3 Å².